The summed E-state index contributed by atoms with van der Waals surface area (Å²) in [6.45, 7) is 1.96. The van der Waals surface area contributed by atoms with E-state index in [1.54, 1.807) is 18.8 Å². The molecule has 21 heavy (non-hydrogen) atoms. The van der Waals surface area contributed by atoms with Gasteiger partial charge in [-0.05, 0) is 18.6 Å². The summed E-state index contributed by atoms with van der Waals surface area (Å²) in [5, 5.41) is 8.91. The van der Waals surface area contributed by atoms with Gasteiger partial charge in [-0.3, -0.25) is 14.1 Å². The zero-order chi connectivity index (χ0) is 15.2. The Hall–Kier alpha value is -2.35. The quantitative estimate of drug-likeness (QED) is 0.793. The van der Waals surface area contributed by atoms with Crippen molar-refractivity contribution in [1.29, 1.82) is 0 Å². The molecule has 0 radical (unpaired) electrons. The van der Waals surface area contributed by atoms with E-state index in [1.165, 1.54) is 17.1 Å². The predicted octanol–water partition coefficient (Wildman–Crippen LogP) is 1.42. The van der Waals surface area contributed by atoms with Crippen molar-refractivity contribution in [3.05, 3.63) is 36.2 Å². The normalized spacial score (nSPS) is 12.0. The number of sulfonamides is 1. The highest BCUT2D eigenvalue weighted by atomic mass is 32.2. The van der Waals surface area contributed by atoms with Crippen LogP contribution in [0.4, 0.5) is 5.82 Å². The van der Waals surface area contributed by atoms with Gasteiger partial charge >= 0.3 is 0 Å². The molecular weight excluding hydrogens is 290 g/mol. The Morgan fingerprint density at radius 1 is 1.24 bits per heavy atom. The van der Waals surface area contributed by atoms with Crippen LogP contribution >= 0.6 is 0 Å². The van der Waals surface area contributed by atoms with Gasteiger partial charge < -0.3 is 0 Å². The number of hydrogen-bond acceptors (Lipinski definition) is 4. The van der Waals surface area contributed by atoms with Crippen molar-refractivity contribution in [2.24, 2.45) is 14.1 Å². The van der Waals surface area contributed by atoms with E-state index < -0.39 is 10.0 Å². The molecule has 3 rings (SSSR count). The minimum absolute atomic E-state index is 0.108. The van der Waals surface area contributed by atoms with Crippen LogP contribution in [-0.4, -0.2) is 28.0 Å². The van der Waals surface area contributed by atoms with Crippen molar-refractivity contribution in [1.82, 2.24) is 19.6 Å². The molecule has 2 aromatic heterocycles. The van der Waals surface area contributed by atoms with Gasteiger partial charge in [0, 0.05) is 25.7 Å². The van der Waals surface area contributed by atoms with Crippen molar-refractivity contribution in [3.63, 3.8) is 0 Å². The molecule has 3 aromatic rings. The van der Waals surface area contributed by atoms with Crippen molar-refractivity contribution >= 4 is 26.7 Å². The Kier molecular flexibility index (Phi) is 2.98. The summed E-state index contributed by atoms with van der Waals surface area (Å²) in [7, 11) is -0.239. The summed E-state index contributed by atoms with van der Waals surface area (Å²) in [4.78, 5) is 0.108. The minimum Gasteiger partial charge on any atom is -0.274 e. The first-order valence-corrected chi connectivity index (χ1v) is 7.80. The zero-order valence-corrected chi connectivity index (χ0v) is 12.7. The highest BCUT2D eigenvalue weighted by molar-refractivity contribution is 7.92. The molecule has 0 aliphatic rings. The van der Waals surface area contributed by atoms with E-state index in [9.17, 15) is 8.42 Å². The average Bonchev–Trinajstić information content (AvgIpc) is 2.96. The number of nitrogens with one attached hydrogen (secondary N) is 1. The highest BCUT2D eigenvalue weighted by Gasteiger charge is 2.20. The zero-order valence-electron chi connectivity index (χ0n) is 11.9. The SMILES string of the molecule is Cc1cccc2c(NS(=O)(=O)c3cnn(C)c3)nn(C)c12. The van der Waals surface area contributed by atoms with Gasteiger partial charge in [-0.15, -0.1) is 0 Å². The number of hydrogen-bond donors (Lipinski definition) is 1. The Morgan fingerprint density at radius 3 is 2.67 bits per heavy atom. The van der Waals surface area contributed by atoms with Gasteiger partial charge in [0.25, 0.3) is 10.0 Å². The van der Waals surface area contributed by atoms with Crippen LogP contribution in [0.25, 0.3) is 10.9 Å². The second-order valence-corrected chi connectivity index (χ2v) is 6.58. The topological polar surface area (TPSA) is 81.8 Å². The lowest BCUT2D eigenvalue weighted by molar-refractivity contribution is 0.600. The molecule has 0 atom stereocenters. The Bertz CT molecular complexity index is 923. The molecule has 0 aliphatic carbocycles. The van der Waals surface area contributed by atoms with Crippen LogP contribution in [0.2, 0.25) is 0 Å². The lowest BCUT2D eigenvalue weighted by Gasteiger charge is -2.03. The molecule has 7 nitrogen and oxygen atoms in total. The third kappa shape index (κ3) is 2.27. The summed E-state index contributed by atoms with van der Waals surface area (Å²) in [5.74, 6) is 0.319. The Labute approximate surface area is 122 Å². The summed E-state index contributed by atoms with van der Waals surface area (Å²) >= 11 is 0. The van der Waals surface area contributed by atoms with Gasteiger partial charge in [-0.2, -0.15) is 10.2 Å². The smallest absolute Gasteiger partial charge is 0.266 e. The number of rotatable bonds is 3. The second kappa shape index (κ2) is 4.59. The summed E-state index contributed by atoms with van der Waals surface area (Å²) < 4.78 is 30.3. The van der Waals surface area contributed by atoms with Crippen LogP contribution in [0, 0.1) is 6.92 Å². The third-order valence-corrected chi connectivity index (χ3v) is 4.58. The van der Waals surface area contributed by atoms with Crippen molar-refractivity contribution < 1.29 is 8.42 Å². The molecule has 1 aromatic carbocycles. The van der Waals surface area contributed by atoms with Gasteiger partial charge in [0.05, 0.1) is 11.7 Å². The molecule has 2 heterocycles. The summed E-state index contributed by atoms with van der Waals surface area (Å²) in [6, 6.07) is 5.68. The van der Waals surface area contributed by atoms with E-state index in [0.717, 1.165) is 16.5 Å². The molecule has 0 aliphatic heterocycles. The first kappa shape index (κ1) is 13.6. The molecule has 0 bridgehead atoms. The number of anilines is 1. The molecule has 0 saturated carbocycles. The molecule has 0 fully saturated rings. The van der Waals surface area contributed by atoms with Gasteiger partial charge in [0.2, 0.25) is 0 Å². The maximum absolute atomic E-state index is 12.3. The number of aromatic nitrogens is 4. The summed E-state index contributed by atoms with van der Waals surface area (Å²) in [6.07, 6.45) is 2.75. The molecule has 110 valence electrons. The number of nitrogens with zero attached hydrogens (tertiary/aromatic N) is 4. The maximum atomic E-state index is 12.3. The van der Waals surface area contributed by atoms with E-state index in [0.29, 0.717) is 5.82 Å². The van der Waals surface area contributed by atoms with Crippen molar-refractivity contribution in [2.45, 2.75) is 11.8 Å². The van der Waals surface area contributed by atoms with Crippen LogP contribution < -0.4 is 4.72 Å². The molecule has 8 heteroatoms. The second-order valence-electron chi connectivity index (χ2n) is 4.90. The van der Waals surface area contributed by atoms with Crippen LogP contribution in [0.3, 0.4) is 0 Å². The highest BCUT2D eigenvalue weighted by Crippen LogP contribution is 2.26. The molecule has 0 spiro atoms. The van der Waals surface area contributed by atoms with Gasteiger partial charge in [-0.25, -0.2) is 8.42 Å². The number of para-hydroxylation sites is 1. The van der Waals surface area contributed by atoms with Crippen LogP contribution in [0.15, 0.2) is 35.5 Å². The molecule has 1 N–H and O–H groups in total. The van der Waals surface area contributed by atoms with E-state index in [4.69, 9.17) is 0 Å². The van der Waals surface area contributed by atoms with Crippen molar-refractivity contribution in [2.75, 3.05) is 4.72 Å². The first-order valence-electron chi connectivity index (χ1n) is 6.32. The number of fused-ring (bicyclic) bond motifs is 1. The van der Waals surface area contributed by atoms with E-state index in [1.807, 2.05) is 25.1 Å². The fraction of sp³-hybridized carbons (Fsp3) is 0.231. The first-order chi connectivity index (χ1) is 9.88. The average molecular weight is 305 g/mol. The minimum atomic E-state index is -3.69. The fourth-order valence-electron chi connectivity index (χ4n) is 2.33. The monoisotopic (exact) mass is 305 g/mol. The lowest BCUT2D eigenvalue weighted by Crippen LogP contribution is -2.13. The predicted molar refractivity (Wildman–Crippen MR) is 79.5 cm³/mol. The molecule has 0 saturated heterocycles. The Balaban J connectivity index is 2.09. The van der Waals surface area contributed by atoms with Gasteiger partial charge in [-0.1, -0.05) is 12.1 Å². The largest absolute Gasteiger partial charge is 0.274 e. The Morgan fingerprint density at radius 2 is 2.00 bits per heavy atom. The van der Waals surface area contributed by atoms with Gasteiger partial charge in [0.1, 0.15) is 4.90 Å². The maximum Gasteiger partial charge on any atom is 0.266 e. The van der Waals surface area contributed by atoms with Crippen molar-refractivity contribution in [3.8, 4) is 0 Å². The number of aryl methyl sites for hydroxylation is 3. The van der Waals surface area contributed by atoms with E-state index in [-0.39, 0.29) is 4.90 Å². The van der Waals surface area contributed by atoms with E-state index in [2.05, 4.69) is 14.9 Å². The third-order valence-electron chi connectivity index (χ3n) is 3.29. The standard InChI is InChI=1S/C13H15N5O2S/c1-9-5-4-6-11-12(9)18(3)15-13(11)16-21(19,20)10-7-14-17(2)8-10/h4-8H,1-3H3,(H,15,16). The van der Waals surface area contributed by atoms with Gasteiger partial charge in [0.15, 0.2) is 5.82 Å². The van der Waals surface area contributed by atoms with Crippen LogP contribution in [-0.2, 0) is 24.1 Å². The van der Waals surface area contributed by atoms with Crippen LogP contribution in [0.1, 0.15) is 5.56 Å². The fourth-order valence-corrected chi connectivity index (χ4v) is 3.33. The molecule has 0 unspecified atom stereocenters. The van der Waals surface area contributed by atoms with Crippen LogP contribution in [0.5, 0.6) is 0 Å². The van der Waals surface area contributed by atoms with E-state index >= 15 is 0 Å². The molecule has 0 amide bonds. The molecular formula is C13H15N5O2S. The number of benzene rings is 1. The lowest BCUT2D eigenvalue weighted by atomic mass is 10.1. The summed E-state index contributed by atoms with van der Waals surface area (Å²) in [5.41, 5.74) is 1.94.